The van der Waals surface area contributed by atoms with Crippen LogP contribution in [0.3, 0.4) is 0 Å². The topological polar surface area (TPSA) is 73.1 Å². The summed E-state index contributed by atoms with van der Waals surface area (Å²) in [6.07, 6.45) is 0. The Hall–Kier alpha value is -1.52. The molecule has 0 aliphatic carbocycles. The largest absolute Gasteiger partial charge is 0.480 e. The Morgan fingerprint density at radius 3 is 2.86 bits per heavy atom. The van der Waals surface area contributed by atoms with Crippen molar-refractivity contribution in [1.82, 2.24) is 9.97 Å². The normalized spacial score (nSPS) is 17.9. The number of nitrogens with one attached hydrogen (secondary N) is 1. The molecule has 0 amide bonds. The van der Waals surface area contributed by atoms with E-state index in [0.717, 1.165) is 12.2 Å². The van der Waals surface area contributed by atoms with Gasteiger partial charge in [-0.25, -0.2) is 4.98 Å². The van der Waals surface area contributed by atoms with Crippen LogP contribution >= 0.6 is 0 Å². The van der Waals surface area contributed by atoms with E-state index in [-0.39, 0.29) is 11.5 Å². The van der Waals surface area contributed by atoms with Crippen LogP contribution in [0.25, 0.3) is 0 Å². The molecule has 76 valence electrons. The SMILES string of the molecule is Cc1nc(N)nc2c1OC(C)(C)CN2. The van der Waals surface area contributed by atoms with E-state index >= 15 is 0 Å². The summed E-state index contributed by atoms with van der Waals surface area (Å²) in [6, 6.07) is 0. The predicted molar refractivity (Wildman–Crippen MR) is 54.4 cm³/mol. The van der Waals surface area contributed by atoms with Crippen molar-refractivity contribution < 1.29 is 4.74 Å². The van der Waals surface area contributed by atoms with Crippen LogP contribution in [-0.2, 0) is 0 Å². The number of hydrogen-bond acceptors (Lipinski definition) is 5. The fraction of sp³-hybridized carbons (Fsp3) is 0.556. The average molecular weight is 194 g/mol. The van der Waals surface area contributed by atoms with E-state index < -0.39 is 0 Å². The first kappa shape index (κ1) is 9.05. The van der Waals surface area contributed by atoms with Crippen LogP contribution in [0, 0.1) is 6.92 Å². The van der Waals surface area contributed by atoms with Gasteiger partial charge in [-0.05, 0) is 20.8 Å². The van der Waals surface area contributed by atoms with Crippen molar-refractivity contribution in [3.05, 3.63) is 5.69 Å². The molecule has 3 N–H and O–H groups in total. The molecule has 0 saturated heterocycles. The van der Waals surface area contributed by atoms with Crippen molar-refractivity contribution in [2.75, 3.05) is 17.6 Å². The van der Waals surface area contributed by atoms with Gasteiger partial charge in [0.05, 0.1) is 12.2 Å². The number of nitrogen functional groups attached to an aromatic ring is 1. The molecule has 0 unspecified atom stereocenters. The fourth-order valence-electron chi connectivity index (χ4n) is 1.44. The molecule has 0 fully saturated rings. The van der Waals surface area contributed by atoms with Crippen molar-refractivity contribution in [3.63, 3.8) is 0 Å². The molecule has 1 aliphatic rings. The monoisotopic (exact) mass is 194 g/mol. The molecule has 5 heteroatoms. The Labute approximate surface area is 82.7 Å². The maximum atomic E-state index is 5.76. The van der Waals surface area contributed by atoms with E-state index in [1.807, 2.05) is 20.8 Å². The highest BCUT2D eigenvalue weighted by atomic mass is 16.5. The quantitative estimate of drug-likeness (QED) is 0.643. The summed E-state index contributed by atoms with van der Waals surface area (Å²) in [7, 11) is 0. The van der Waals surface area contributed by atoms with E-state index in [2.05, 4.69) is 15.3 Å². The van der Waals surface area contributed by atoms with Gasteiger partial charge in [0, 0.05) is 0 Å². The predicted octanol–water partition coefficient (Wildman–Crippen LogP) is 0.950. The number of rotatable bonds is 0. The molecule has 0 atom stereocenters. The van der Waals surface area contributed by atoms with Crippen molar-refractivity contribution in [3.8, 4) is 5.75 Å². The third-order valence-corrected chi connectivity index (χ3v) is 2.11. The summed E-state index contributed by atoms with van der Waals surface area (Å²) in [5.74, 6) is 1.67. The van der Waals surface area contributed by atoms with Gasteiger partial charge in [-0.2, -0.15) is 4.98 Å². The molecule has 14 heavy (non-hydrogen) atoms. The molecular formula is C9H14N4O. The Morgan fingerprint density at radius 1 is 1.43 bits per heavy atom. The first-order valence-corrected chi connectivity index (χ1v) is 4.55. The maximum Gasteiger partial charge on any atom is 0.222 e. The smallest absolute Gasteiger partial charge is 0.222 e. The van der Waals surface area contributed by atoms with Gasteiger partial charge < -0.3 is 15.8 Å². The molecule has 1 aliphatic heterocycles. The number of fused-ring (bicyclic) bond motifs is 1. The van der Waals surface area contributed by atoms with E-state index in [4.69, 9.17) is 10.5 Å². The second kappa shape index (κ2) is 2.73. The van der Waals surface area contributed by atoms with Crippen molar-refractivity contribution in [2.24, 2.45) is 0 Å². The molecule has 0 radical (unpaired) electrons. The highest BCUT2D eigenvalue weighted by Crippen LogP contribution is 2.33. The highest BCUT2D eigenvalue weighted by Gasteiger charge is 2.28. The zero-order valence-corrected chi connectivity index (χ0v) is 8.59. The molecule has 0 saturated carbocycles. The Balaban J connectivity index is 2.47. The van der Waals surface area contributed by atoms with Gasteiger partial charge in [0.1, 0.15) is 5.60 Å². The molecule has 1 aromatic rings. The zero-order chi connectivity index (χ0) is 10.3. The Morgan fingerprint density at radius 2 is 2.14 bits per heavy atom. The number of hydrogen-bond donors (Lipinski definition) is 2. The minimum absolute atomic E-state index is 0.225. The standard InChI is InChI=1S/C9H14N4O/c1-5-6-7(13-8(10)12-5)11-4-9(2,3)14-6/h4H2,1-3H3,(H3,10,11,12,13). The van der Waals surface area contributed by atoms with Crippen LogP contribution in [0.5, 0.6) is 5.75 Å². The average Bonchev–Trinajstić information content (AvgIpc) is 2.06. The minimum atomic E-state index is -0.225. The molecule has 1 aromatic heterocycles. The third-order valence-electron chi connectivity index (χ3n) is 2.11. The zero-order valence-electron chi connectivity index (χ0n) is 8.59. The van der Waals surface area contributed by atoms with Gasteiger partial charge >= 0.3 is 0 Å². The maximum absolute atomic E-state index is 5.76. The van der Waals surface area contributed by atoms with Crippen LogP contribution in [0.15, 0.2) is 0 Å². The first-order chi connectivity index (χ1) is 6.48. The van der Waals surface area contributed by atoms with Gasteiger partial charge in [0.15, 0.2) is 11.6 Å². The number of nitrogens with two attached hydrogens (primary N) is 1. The van der Waals surface area contributed by atoms with E-state index in [0.29, 0.717) is 11.6 Å². The van der Waals surface area contributed by atoms with Gasteiger partial charge in [0.2, 0.25) is 5.95 Å². The van der Waals surface area contributed by atoms with Crippen LogP contribution in [-0.4, -0.2) is 22.1 Å². The molecule has 2 rings (SSSR count). The van der Waals surface area contributed by atoms with Gasteiger partial charge in [-0.1, -0.05) is 0 Å². The lowest BCUT2D eigenvalue weighted by Crippen LogP contribution is -2.40. The highest BCUT2D eigenvalue weighted by molar-refractivity contribution is 5.56. The number of ether oxygens (including phenoxy) is 1. The van der Waals surface area contributed by atoms with E-state index in [9.17, 15) is 0 Å². The summed E-state index contributed by atoms with van der Waals surface area (Å²) >= 11 is 0. The summed E-state index contributed by atoms with van der Waals surface area (Å²) in [5.41, 5.74) is 6.08. The van der Waals surface area contributed by atoms with Gasteiger partial charge in [-0.3, -0.25) is 0 Å². The van der Waals surface area contributed by atoms with Crippen molar-refractivity contribution in [1.29, 1.82) is 0 Å². The van der Waals surface area contributed by atoms with Gasteiger partial charge in [0.25, 0.3) is 0 Å². The molecule has 0 bridgehead atoms. The number of anilines is 2. The molecular weight excluding hydrogens is 180 g/mol. The summed E-state index contributed by atoms with van der Waals surface area (Å²) in [4.78, 5) is 8.12. The number of aryl methyl sites for hydroxylation is 1. The number of aromatic nitrogens is 2. The van der Waals surface area contributed by atoms with Crippen LogP contribution in [0.2, 0.25) is 0 Å². The summed E-state index contributed by atoms with van der Waals surface area (Å²) in [6.45, 7) is 6.60. The summed E-state index contributed by atoms with van der Waals surface area (Å²) < 4.78 is 5.76. The van der Waals surface area contributed by atoms with Crippen LogP contribution < -0.4 is 15.8 Å². The first-order valence-electron chi connectivity index (χ1n) is 4.55. The van der Waals surface area contributed by atoms with Crippen molar-refractivity contribution in [2.45, 2.75) is 26.4 Å². The van der Waals surface area contributed by atoms with E-state index in [1.54, 1.807) is 0 Å². The third kappa shape index (κ3) is 1.45. The van der Waals surface area contributed by atoms with Gasteiger partial charge in [-0.15, -0.1) is 0 Å². The number of nitrogens with zero attached hydrogens (tertiary/aromatic N) is 2. The minimum Gasteiger partial charge on any atom is -0.480 e. The second-order valence-corrected chi connectivity index (χ2v) is 4.06. The Kier molecular flexibility index (Phi) is 1.77. The van der Waals surface area contributed by atoms with Crippen molar-refractivity contribution >= 4 is 11.8 Å². The second-order valence-electron chi connectivity index (χ2n) is 4.06. The fourth-order valence-corrected chi connectivity index (χ4v) is 1.44. The van der Waals surface area contributed by atoms with Crippen LogP contribution in [0.1, 0.15) is 19.5 Å². The molecule has 2 heterocycles. The Bertz CT molecular complexity index is 375. The molecule has 5 nitrogen and oxygen atoms in total. The summed E-state index contributed by atoms with van der Waals surface area (Å²) in [5, 5.41) is 3.18. The van der Waals surface area contributed by atoms with E-state index in [1.165, 1.54) is 0 Å². The molecule has 0 spiro atoms. The lowest BCUT2D eigenvalue weighted by atomic mass is 10.1. The lowest BCUT2D eigenvalue weighted by molar-refractivity contribution is 0.113. The molecule has 0 aromatic carbocycles. The lowest BCUT2D eigenvalue weighted by Gasteiger charge is -2.33. The van der Waals surface area contributed by atoms with Crippen LogP contribution in [0.4, 0.5) is 11.8 Å².